The van der Waals surface area contributed by atoms with Crippen molar-refractivity contribution in [2.75, 3.05) is 17.7 Å². The van der Waals surface area contributed by atoms with Crippen LogP contribution in [-0.2, 0) is 12.8 Å². The maximum atomic E-state index is 9.10. The molecular weight excluding hydrogens is 306 g/mol. The lowest BCUT2D eigenvalue weighted by Gasteiger charge is -2.12. The van der Waals surface area contributed by atoms with Crippen molar-refractivity contribution in [3.05, 3.63) is 53.9 Å². The maximum absolute atomic E-state index is 9.10. The minimum atomic E-state index is 0.157. The van der Waals surface area contributed by atoms with Gasteiger partial charge in [0.25, 0.3) is 0 Å². The highest BCUT2D eigenvalue weighted by molar-refractivity contribution is 7.99. The summed E-state index contributed by atoms with van der Waals surface area (Å²) in [6.45, 7) is 0.157. The fourth-order valence-corrected chi connectivity index (χ4v) is 4.08. The van der Waals surface area contributed by atoms with Crippen LogP contribution in [0.3, 0.4) is 0 Å². The number of aliphatic hydroxyl groups excluding tert-OH is 1. The van der Waals surface area contributed by atoms with Gasteiger partial charge >= 0.3 is 0 Å². The van der Waals surface area contributed by atoms with Gasteiger partial charge in [-0.3, -0.25) is 0 Å². The molecular formula is C18H17N3OS. The Balaban J connectivity index is 1.77. The summed E-state index contributed by atoms with van der Waals surface area (Å²) < 4.78 is 0. The van der Waals surface area contributed by atoms with E-state index in [1.807, 2.05) is 30.0 Å². The zero-order chi connectivity index (χ0) is 15.6. The molecule has 5 heteroatoms. The molecule has 0 saturated heterocycles. The summed E-state index contributed by atoms with van der Waals surface area (Å²) in [4.78, 5) is 10.2. The Kier molecular flexibility index (Phi) is 3.89. The first-order valence-electron chi connectivity index (χ1n) is 7.71. The smallest absolute Gasteiger partial charge is 0.142 e. The van der Waals surface area contributed by atoms with E-state index in [2.05, 4.69) is 33.5 Å². The molecule has 1 aliphatic heterocycles. The van der Waals surface area contributed by atoms with Crippen molar-refractivity contribution < 1.29 is 5.11 Å². The number of nitrogens with zero attached hydrogens (tertiary/aromatic N) is 2. The van der Waals surface area contributed by atoms with Gasteiger partial charge in [-0.05, 0) is 48.2 Å². The third-order valence-electron chi connectivity index (χ3n) is 4.07. The van der Waals surface area contributed by atoms with Crippen LogP contribution in [0.2, 0.25) is 0 Å². The first-order valence-corrected chi connectivity index (χ1v) is 8.70. The molecule has 0 radical (unpaired) electrons. The second-order valence-corrected chi connectivity index (χ2v) is 6.69. The van der Waals surface area contributed by atoms with Crippen LogP contribution < -0.4 is 5.32 Å². The highest BCUT2D eigenvalue weighted by atomic mass is 32.2. The van der Waals surface area contributed by atoms with Gasteiger partial charge in [-0.2, -0.15) is 0 Å². The summed E-state index contributed by atoms with van der Waals surface area (Å²) in [7, 11) is 0. The standard InChI is InChI=1S/C18H17N3OS/c22-8-6-12-2-1-3-13(10-12)21-18-17-14-7-9-23-16(14)5-4-15(17)19-11-20-18/h1-5,10-11,22H,6-9H2,(H,19,20,21). The number of hydrogen-bond acceptors (Lipinski definition) is 5. The Labute approximate surface area is 139 Å². The zero-order valence-corrected chi connectivity index (χ0v) is 13.4. The van der Waals surface area contributed by atoms with E-state index in [1.54, 1.807) is 6.33 Å². The molecule has 4 nitrogen and oxygen atoms in total. The topological polar surface area (TPSA) is 58.0 Å². The van der Waals surface area contributed by atoms with Crippen LogP contribution in [0, 0.1) is 0 Å². The molecule has 3 aromatic rings. The van der Waals surface area contributed by atoms with Crippen LogP contribution >= 0.6 is 11.8 Å². The van der Waals surface area contributed by atoms with Crippen molar-refractivity contribution in [1.82, 2.24) is 9.97 Å². The van der Waals surface area contributed by atoms with Crippen LogP contribution in [0.4, 0.5) is 11.5 Å². The number of hydrogen-bond donors (Lipinski definition) is 2. The van der Waals surface area contributed by atoms with Gasteiger partial charge in [0.2, 0.25) is 0 Å². The minimum absolute atomic E-state index is 0.157. The molecule has 1 aromatic heterocycles. The van der Waals surface area contributed by atoms with Crippen LogP contribution in [0.5, 0.6) is 0 Å². The number of aryl methyl sites for hydroxylation is 1. The highest BCUT2D eigenvalue weighted by Crippen LogP contribution is 2.38. The van der Waals surface area contributed by atoms with Gasteiger partial charge in [-0.25, -0.2) is 9.97 Å². The number of thioether (sulfide) groups is 1. The summed E-state index contributed by atoms with van der Waals surface area (Å²) in [6, 6.07) is 12.3. The fourth-order valence-electron chi connectivity index (χ4n) is 3.01. The van der Waals surface area contributed by atoms with Crippen LogP contribution in [-0.4, -0.2) is 27.4 Å². The van der Waals surface area contributed by atoms with Crippen LogP contribution in [0.1, 0.15) is 11.1 Å². The normalized spacial score (nSPS) is 13.3. The molecule has 0 spiro atoms. The Bertz CT molecular complexity index is 866. The molecule has 0 aliphatic carbocycles. The van der Waals surface area contributed by atoms with E-state index in [1.165, 1.54) is 10.5 Å². The average Bonchev–Trinajstić information content (AvgIpc) is 3.04. The summed E-state index contributed by atoms with van der Waals surface area (Å²) >= 11 is 1.90. The number of nitrogens with one attached hydrogen (secondary N) is 1. The third-order valence-corrected chi connectivity index (χ3v) is 5.17. The predicted molar refractivity (Wildman–Crippen MR) is 94.5 cm³/mol. The Morgan fingerprint density at radius 3 is 3.04 bits per heavy atom. The molecule has 116 valence electrons. The lowest BCUT2D eigenvalue weighted by atomic mass is 10.1. The van der Waals surface area contributed by atoms with E-state index in [0.29, 0.717) is 6.42 Å². The van der Waals surface area contributed by atoms with E-state index in [4.69, 9.17) is 5.11 Å². The summed E-state index contributed by atoms with van der Waals surface area (Å²) in [5.74, 6) is 1.98. The van der Waals surface area contributed by atoms with Gasteiger partial charge < -0.3 is 10.4 Å². The zero-order valence-electron chi connectivity index (χ0n) is 12.6. The van der Waals surface area contributed by atoms with Gasteiger partial charge in [-0.1, -0.05) is 12.1 Å². The van der Waals surface area contributed by atoms with Crippen LogP contribution in [0.25, 0.3) is 10.9 Å². The summed E-state index contributed by atoms with van der Waals surface area (Å²) in [6.07, 6.45) is 3.33. The number of anilines is 2. The van der Waals surface area contributed by atoms with Gasteiger partial charge in [0.1, 0.15) is 12.1 Å². The number of rotatable bonds is 4. The largest absolute Gasteiger partial charge is 0.396 e. The number of aromatic nitrogens is 2. The Hall–Kier alpha value is -2.11. The lowest BCUT2D eigenvalue weighted by Crippen LogP contribution is -1.99. The second kappa shape index (κ2) is 6.18. The molecule has 2 aromatic carbocycles. The van der Waals surface area contributed by atoms with Crippen molar-refractivity contribution in [2.24, 2.45) is 0 Å². The van der Waals surface area contributed by atoms with Crippen molar-refractivity contribution in [2.45, 2.75) is 17.7 Å². The third kappa shape index (κ3) is 2.78. The number of benzene rings is 2. The molecule has 0 bridgehead atoms. The fraction of sp³-hybridized carbons (Fsp3) is 0.222. The molecule has 4 rings (SSSR count). The summed E-state index contributed by atoms with van der Waals surface area (Å²) in [5.41, 5.74) is 4.42. The predicted octanol–water partition coefficient (Wildman–Crippen LogP) is 3.56. The molecule has 2 heterocycles. The van der Waals surface area contributed by atoms with Crippen molar-refractivity contribution in [3.63, 3.8) is 0 Å². The molecule has 0 unspecified atom stereocenters. The molecule has 2 N–H and O–H groups in total. The minimum Gasteiger partial charge on any atom is -0.396 e. The second-order valence-electron chi connectivity index (χ2n) is 5.56. The average molecular weight is 323 g/mol. The van der Waals surface area contributed by atoms with E-state index >= 15 is 0 Å². The Morgan fingerprint density at radius 1 is 1.17 bits per heavy atom. The monoisotopic (exact) mass is 323 g/mol. The number of fused-ring (bicyclic) bond motifs is 3. The quantitative estimate of drug-likeness (QED) is 0.769. The first kappa shape index (κ1) is 14.5. The first-order chi connectivity index (χ1) is 11.3. The molecule has 0 saturated carbocycles. The van der Waals surface area contributed by atoms with E-state index in [0.717, 1.165) is 40.1 Å². The van der Waals surface area contributed by atoms with Gasteiger partial charge in [0.05, 0.1) is 5.52 Å². The Morgan fingerprint density at radius 2 is 2.13 bits per heavy atom. The summed E-state index contributed by atoms with van der Waals surface area (Å²) in [5, 5.41) is 13.7. The molecule has 1 aliphatic rings. The molecule has 23 heavy (non-hydrogen) atoms. The van der Waals surface area contributed by atoms with E-state index < -0.39 is 0 Å². The van der Waals surface area contributed by atoms with Crippen molar-refractivity contribution in [3.8, 4) is 0 Å². The van der Waals surface area contributed by atoms with Crippen molar-refractivity contribution in [1.29, 1.82) is 0 Å². The maximum Gasteiger partial charge on any atom is 0.142 e. The van der Waals surface area contributed by atoms with Gasteiger partial charge in [-0.15, -0.1) is 11.8 Å². The molecule has 0 amide bonds. The highest BCUT2D eigenvalue weighted by Gasteiger charge is 2.18. The van der Waals surface area contributed by atoms with Crippen LogP contribution in [0.15, 0.2) is 47.6 Å². The number of aliphatic hydroxyl groups is 1. The van der Waals surface area contributed by atoms with Crippen molar-refractivity contribution >= 4 is 34.2 Å². The molecule has 0 fully saturated rings. The van der Waals surface area contributed by atoms with E-state index in [-0.39, 0.29) is 6.61 Å². The van der Waals surface area contributed by atoms with E-state index in [9.17, 15) is 0 Å². The van der Waals surface area contributed by atoms with Gasteiger partial charge in [0.15, 0.2) is 0 Å². The molecule has 0 atom stereocenters. The lowest BCUT2D eigenvalue weighted by molar-refractivity contribution is 0.299. The van der Waals surface area contributed by atoms with Gasteiger partial charge in [0, 0.05) is 28.3 Å². The SMILES string of the molecule is OCCc1cccc(Nc2ncnc3ccc4c(c23)CCS4)c1.